The van der Waals surface area contributed by atoms with Crippen LogP contribution in [0.3, 0.4) is 0 Å². The van der Waals surface area contributed by atoms with Gasteiger partial charge in [-0.25, -0.2) is 4.79 Å². The molecule has 6 nitrogen and oxygen atoms in total. The van der Waals surface area contributed by atoms with Crippen molar-refractivity contribution in [1.29, 1.82) is 0 Å². The summed E-state index contributed by atoms with van der Waals surface area (Å²) in [6.45, 7) is 3.79. The van der Waals surface area contributed by atoms with E-state index in [1.807, 2.05) is 0 Å². The fourth-order valence-electron chi connectivity index (χ4n) is 2.05. The van der Waals surface area contributed by atoms with E-state index >= 15 is 0 Å². The van der Waals surface area contributed by atoms with Gasteiger partial charge in [0.05, 0.1) is 17.3 Å². The van der Waals surface area contributed by atoms with Gasteiger partial charge in [0.1, 0.15) is 6.04 Å². The molecule has 0 saturated heterocycles. The van der Waals surface area contributed by atoms with Gasteiger partial charge >= 0.3 is 6.09 Å². The van der Waals surface area contributed by atoms with E-state index in [9.17, 15) is 9.59 Å². The molecule has 1 atom stereocenters. The van der Waals surface area contributed by atoms with Crippen molar-refractivity contribution >= 4 is 40.7 Å². The Morgan fingerprint density at radius 1 is 1.04 bits per heavy atom. The summed E-state index contributed by atoms with van der Waals surface area (Å²) in [4.78, 5) is 23.6. The van der Waals surface area contributed by atoms with Crippen molar-refractivity contribution < 1.29 is 14.3 Å². The molecule has 25 heavy (non-hydrogen) atoms. The quantitative estimate of drug-likeness (QED) is 0.714. The van der Waals surface area contributed by atoms with E-state index in [2.05, 4.69) is 16.0 Å². The van der Waals surface area contributed by atoms with Crippen LogP contribution in [0.5, 0.6) is 0 Å². The second-order valence-corrected chi connectivity index (χ2v) is 5.67. The van der Waals surface area contributed by atoms with E-state index in [-0.39, 0.29) is 5.91 Å². The smallest absolute Gasteiger partial charge is 0.411 e. The number of rotatable bonds is 6. The largest absolute Gasteiger partial charge is 0.450 e. The summed E-state index contributed by atoms with van der Waals surface area (Å²) in [5.74, 6) is -0.207. The summed E-state index contributed by atoms with van der Waals surface area (Å²) < 4.78 is 4.81. The molecule has 0 fully saturated rings. The normalized spacial score (nSPS) is 11.3. The SMILES string of the molecule is CCOC(=O)Nc1ccc(N[C@@H](C)C(=O)Nc2ccccc2Cl)cc1. The van der Waals surface area contributed by atoms with Crippen LogP contribution >= 0.6 is 11.6 Å². The second-order valence-electron chi connectivity index (χ2n) is 5.26. The van der Waals surface area contributed by atoms with Crippen molar-refractivity contribution in [1.82, 2.24) is 0 Å². The average Bonchev–Trinajstić information content (AvgIpc) is 2.59. The van der Waals surface area contributed by atoms with Gasteiger partial charge in [0.25, 0.3) is 0 Å². The molecule has 0 radical (unpaired) electrons. The predicted octanol–water partition coefficient (Wildman–Crippen LogP) is 4.35. The minimum absolute atomic E-state index is 0.207. The maximum absolute atomic E-state index is 12.2. The molecule has 0 unspecified atom stereocenters. The van der Waals surface area contributed by atoms with Gasteiger partial charge in [-0.2, -0.15) is 0 Å². The highest BCUT2D eigenvalue weighted by Gasteiger charge is 2.14. The van der Waals surface area contributed by atoms with Crippen LogP contribution in [0.15, 0.2) is 48.5 Å². The van der Waals surface area contributed by atoms with Crippen LogP contribution in [0.4, 0.5) is 21.9 Å². The standard InChI is InChI=1S/C18H20ClN3O3/c1-3-25-18(24)21-14-10-8-13(9-11-14)20-12(2)17(23)22-16-7-5-4-6-15(16)19/h4-12,20H,3H2,1-2H3,(H,21,24)(H,22,23)/t12-/m0/s1. The van der Waals surface area contributed by atoms with Crippen molar-refractivity contribution in [2.24, 2.45) is 0 Å². The Labute approximate surface area is 151 Å². The molecular formula is C18H20ClN3O3. The number of benzene rings is 2. The number of carbonyl (C=O) groups excluding carboxylic acids is 2. The lowest BCUT2D eigenvalue weighted by molar-refractivity contribution is -0.116. The van der Waals surface area contributed by atoms with Crippen LogP contribution in [0.1, 0.15) is 13.8 Å². The molecule has 132 valence electrons. The van der Waals surface area contributed by atoms with E-state index in [1.165, 1.54) is 0 Å². The molecule has 0 saturated carbocycles. The first-order valence-corrected chi connectivity index (χ1v) is 8.23. The van der Waals surface area contributed by atoms with Gasteiger partial charge in [0, 0.05) is 11.4 Å². The number of nitrogens with one attached hydrogen (secondary N) is 3. The zero-order chi connectivity index (χ0) is 18.2. The van der Waals surface area contributed by atoms with Crippen molar-refractivity contribution in [2.45, 2.75) is 19.9 Å². The molecule has 7 heteroatoms. The first kappa shape index (κ1) is 18.6. The third-order valence-corrected chi connectivity index (χ3v) is 3.64. The Balaban J connectivity index is 1.91. The lowest BCUT2D eigenvalue weighted by Gasteiger charge is -2.16. The third kappa shape index (κ3) is 5.69. The summed E-state index contributed by atoms with van der Waals surface area (Å²) in [6.07, 6.45) is -0.504. The molecule has 0 bridgehead atoms. The number of hydrogen-bond donors (Lipinski definition) is 3. The lowest BCUT2D eigenvalue weighted by Crippen LogP contribution is -2.31. The molecule has 0 aromatic heterocycles. The molecule has 2 amide bonds. The van der Waals surface area contributed by atoms with Crippen LogP contribution in [-0.4, -0.2) is 24.6 Å². The van der Waals surface area contributed by atoms with Crippen LogP contribution < -0.4 is 16.0 Å². The zero-order valence-corrected chi connectivity index (χ0v) is 14.8. The molecule has 3 N–H and O–H groups in total. The molecule has 2 aromatic carbocycles. The second kappa shape index (κ2) is 8.94. The van der Waals surface area contributed by atoms with Crippen LogP contribution in [-0.2, 0) is 9.53 Å². The topological polar surface area (TPSA) is 79.5 Å². The van der Waals surface area contributed by atoms with E-state index in [0.29, 0.717) is 23.0 Å². The molecular weight excluding hydrogens is 342 g/mol. The summed E-state index contributed by atoms with van der Waals surface area (Å²) in [6, 6.07) is 13.5. The molecule has 0 spiro atoms. The maximum Gasteiger partial charge on any atom is 0.411 e. The fraction of sp³-hybridized carbons (Fsp3) is 0.222. The van der Waals surface area contributed by atoms with Gasteiger partial charge in [-0.15, -0.1) is 0 Å². The highest BCUT2D eigenvalue weighted by Crippen LogP contribution is 2.21. The number of para-hydroxylation sites is 1. The van der Waals surface area contributed by atoms with Crippen molar-refractivity contribution in [3.63, 3.8) is 0 Å². The molecule has 0 aliphatic carbocycles. The van der Waals surface area contributed by atoms with Crippen LogP contribution in [0.25, 0.3) is 0 Å². The Hall–Kier alpha value is -2.73. The Kier molecular flexibility index (Phi) is 6.65. The van der Waals surface area contributed by atoms with Gasteiger partial charge in [-0.05, 0) is 50.2 Å². The van der Waals surface area contributed by atoms with Crippen molar-refractivity contribution in [3.05, 3.63) is 53.6 Å². The number of carbonyl (C=O) groups is 2. The number of halogens is 1. The molecule has 2 rings (SSSR count). The number of amides is 2. The number of hydrogen-bond acceptors (Lipinski definition) is 4. The Morgan fingerprint density at radius 2 is 1.68 bits per heavy atom. The maximum atomic E-state index is 12.2. The predicted molar refractivity (Wildman–Crippen MR) is 100 cm³/mol. The third-order valence-electron chi connectivity index (χ3n) is 3.31. The molecule has 0 heterocycles. The summed E-state index contributed by atoms with van der Waals surface area (Å²) in [5.41, 5.74) is 1.92. The van der Waals surface area contributed by atoms with Gasteiger partial charge in [-0.1, -0.05) is 23.7 Å². The van der Waals surface area contributed by atoms with Gasteiger partial charge in [0.2, 0.25) is 5.91 Å². The van der Waals surface area contributed by atoms with E-state index in [4.69, 9.17) is 16.3 Å². The molecule has 0 aliphatic heterocycles. The Morgan fingerprint density at radius 3 is 2.32 bits per heavy atom. The van der Waals surface area contributed by atoms with E-state index in [0.717, 1.165) is 5.69 Å². The molecule has 0 aliphatic rings. The van der Waals surface area contributed by atoms with E-state index in [1.54, 1.807) is 62.4 Å². The highest BCUT2D eigenvalue weighted by molar-refractivity contribution is 6.33. The first-order valence-electron chi connectivity index (χ1n) is 7.85. The number of anilines is 3. The van der Waals surface area contributed by atoms with E-state index < -0.39 is 12.1 Å². The van der Waals surface area contributed by atoms with Gasteiger partial charge in [0.15, 0.2) is 0 Å². The van der Waals surface area contributed by atoms with Crippen molar-refractivity contribution in [2.75, 3.05) is 22.6 Å². The zero-order valence-electron chi connectivity index (χ0n) is 14.0. The first-order chi connectivity index (χ1) is 12.0. The van der Waals surface area contributed by atoms with Crippen LogP contribution in [0.2, 0.25) is 5.02 Å². The fourth-order valence-corrected chi connectivity index (χ4v) is 2.24. The van der Waals surface area contributed by atoms with Gasteiger partial charge in [-0.3, -0.25) is 10.1 Å². The minimum Gasteiger partial charge on any atom is -0.450 e. The monoisotopic (exact) mass is 361 g/mol. The summed E-state index contributed by atoms with van der Waals surface area (Å²) in [7, 11) is 0. The lowest BCUT2D eigenvalue weighted by atomic mass is 10.2. The van der Waals surface area contributed by atoms with Crippen LogP contribution in [0, 0.1) is 0 Å². The Bertz CT molecular complexity index is 735. The van der Waals surface area contributed by atoms with Crippen molar-refractivity contribution in [3.8, 4) is 0 Å². The highest BCUT2D eigenvalue weighted by atomic mass is 35.5. The molecule has 2 aromatic rings. The van der Waals surface area contributed by atoms with Gasteiger partial charge < -0.3 is 15.4 Å². The summed E-state index contributed by atoms with van der Waals surface area (Å²) >= 11 is 6.03. The average molecular weight is 362 g/mol. The minimum atomic E-state index is -0.504. The summed E-state index contributed by atoms with van der Waals surface area (Å²) in [5, 5.41) is 8.95. The number of ether oxygens (including phenoxy) is 1.